The Morgan fingerprint density at radius 1 is 0.429 bits per heavy atom. The molecule has 0 spiro atoms. The van der Waals surface area contributed by atoms with Crippen LogP contribution in [-0.2, 0) is 33.6 Å². The van der Waals surface area contributed by atoms with Crippen LogP contribution >= 0.6 is 0 Å². The Labute approximate surface area is 148 Å². The molecule has 0 unspecified atom stereocenters. The molecule has 0 aliphatic heterocycles. The Morgan fingerprint density at radius 3 is 0.476 bits per heavy atom. The Balaban J connectivity index is -0.0000000164. The van der Waals surface area contributed by atoms with Crippen molar-refractivity contribution in [3.8, 4) is 0 Å². The van der Waals surface area contributed by atoms with E-state index in [1.54, 1.807) is 0 Å². The average Bonchev–Trinajstić information content (AvgIpc) is 2.49. The van der Waals surface area contributed by atoms with Crippen LogP contribution in [0.2, 0.25) is 0 Å². The number of rotatable bonds is 4. The summed E-state index contributed by atoms with van der Waals surface area (Å²) in [6, 6.07) is 0. The maximum Gasteiger partial charge on any atom is 2.00 e. The first-order chi connectivity index (χ1) is 8.66. The third kappa shape index (κ3) is 339. The van der Waals surface area contributed by atoms with Gasteiger partial charge in [-0.1, -0.05) is 0 Å². The van der Waals surface area contributed by atoms with Gasteiger partial charge in [0.15, 0.2) is 0 Å². The first kappa shape index (κ1) is 49.6. The molecule has 0 aliphatic rings. The van der Waals surface area contributed by atoms with Crippen molar-refractivity contribution in [1.29, 1.82) is 0 Å². The smallest absolute Gasteiger partial charge is 0.679 e. The quantitative estimate of drug-likeness (QED) is 0.527. The standard InChI is InChI=1S/4C2H6N2.2Co.H2O2.H2O/c4*3-1-2-4;;;1-2;/h4*3-4H,1-2H2;;;1-2H;1H2/q4*-2;;+2;;. The van der Waals surface area contributed by atoms with Gasteiger partial charge in [0.25, 0.3) is 0 Å². The zero-order valence-electron chi connectivity index (χ0n) is 11.7. The minimum absolute atomic E-state index is 0. The van der Waals surface area contributed by atoms with Crippen LogP contribution < -0.4 is 0 Å². The summed E-state index contributed by atoms with van der Waals surface area (Å²) in [5, 5.41) is 12.0. The third-order valence-corrected chi connectivity index (χ3v) is 0.500. The predicted octanol–water partition coefficient (Wildman–Crippen LogP) is 3.55. The zero-order valence-corrected chi connectivity index (χ0v) is 13.8. The second-order valence-corrected chi connectivity index (χ2v) is 2.00. The minimum Gasteiger partial charge on any atom is -0.679 e. The van der Waals surface area contributed by atoms with E-state index < -0.39 is 0 Å². The molecule has 142 valence electrons. The fourth-order valence-electron chi connectivity index (χ4n) is 0. The summed E-state index contributed by atoms with van der Waals surface area (Å²) in [7, 11) is 0. The van der Waals surface area contributed by atoms with Gasteiger partial charge in [0.05, 0.1) is 0 Å². The van der Waals surface area contributed by atoms with Gasteiger partial charge in [0, 0.05) is 16.8 Å². The predicted molar refractivity (Wildman–Crippen MR) is 82.4 cm³/mol. The molecule has 2 radical (unpaired) electrons. The minimum atomic E-state index is 0. The van der Waals surface area contributed by atoms with Gasteiger partial charge in [-0.2, -0.15) is 52.4 Å². The monoisotopic (exact) mass is 402 g/mol. The van der Waals surface area contributed by atoms with Crippen LogP contribution in [-0.4, -0.2) is 68.3 Å². The Morgan fingerprint density at radius 2 is 0.476 bits per heavy atom. The largest absolute Gasteiger partial charge is 2.00 e. The molecule has 0 aromatic rings. The van der Waals surface area contributed by atoms with Gasteiger partial charge in [-0.05, 0) is 0 Å². The van der Waals surface area contributed by atoms with Crippen molar-refractivity contribution >= 4 is 0 Å². The zero-order chi connectivity index (χ0) is 15.7. The first-order valence-corrected chi connectivity index (χ1v) is 5.03. The molecule has 0 heterocycles. The molecule has 0 saturated carbocycles. The van der Waals surface area contributed by atoms with E-state index >= 15 is 0 Å². The molecule has 0 rings (SSSR count). The van der Waals surface area contributed by atoms with Crippen molar-refractivity contribution in [2.24, 2.45) is 0 Å². The van der Waals surface area contributed by atoms with Gasteiger partial charge in [-0.3, -0.25) is 10.5 Å². The second-order valence-electron chi connectivity index (χ2n) is 2.00. The maximum absolute atomic E-state index is 6.26. The van der Waals surface area contributed by atoms with Crippen molar-refractivity contribution in [1.82, 2.24) is 0 Å². The number of nitrogens with one attached hydrogen (secondary N) is 8. The fraction of sp³-hybridized carbons (Fsp3) is 1.00. The Kier molecular flexibility index (Phi) is 253. The number of hydrogen-bond acceptors (Lipinski definition) is 2. The average molecular weight is 402 g/mol. The molecule has 21 heavy (non-hydrogen) atoms. The summed E-state index contributed by atoms with van der Waals surface area (Å²) in [6.45, 7) is 1.89. The molecular weight excluding hydrogens is 374 g/mol. The second kappa shape index (κ2) is 107. The van der Waals surface area contributed by atoms with Gasteiger partial charge in [0.1, 0.15) is 0 Å². The summed E-state index contributed by atoms with van der Waals surface area (Å²) in [6.07, 6.45) is 0. The third-order valence-electron chi connectivity index (χ3n) is 0.500. The topological polar surface area (TPSA) is 262 Å². The molecule has 0 bridgehead atoms. The Hall–Kier alpha value is 0.573. The first-order valence-electron chi connectivity index (χ1n) is 5.03. The van der Waals surface area contributed by atoms with Crippen LogP contribution in [0.25, 0.3) is 45.9 Å². The molecule has 11 nitrogen and oxygen atoms in total. The van der Waals surface area contributed by atoms with Crippen LogP contribution in [0.15, 0.2) is 0 Å². The fourth-order valence-corrected chi connectivity index (χ4v) is 0. The van der Waals surface area contributed by atoms with Gasteiger partial charge in [0.2, 0.25) is 0 Å². The maximum atomic E-state index is 6.26. The van der Waals surface area contributed by atoms with Gasteiger partial charge in [-0.15, -0.1) is 0 Å². The van der Waals surface area contributed by atoms with Crippen LogP contribution in [0.4, 0.5) is 0 Å². The van der Waals surface area contributed by atoms with Crippen LogP contribution in [0, 0.1) is 0 Å². The summed E-state index contributed by atoms with van der Waals surface area (Å²) in [5.74, 6) is 0. The number of hydrogen-bond donors (Lipinski definition) is 2. The van der Waals surface area contributed by atoms with Gasteiger partial charge in [-0.25, -0.2) is 0 Å². The van der Waals surface area contributed by atoms with E-state index in [1.807, 2.05) is 0 Å². The SMILES string of the molecule is O.OO.[Co+2].[Co].[NH-]CC[NH-].[NH-]CC[NH-].[NH-]CC[NH-].[NH-]CC[NH-]. The molecule has 13 heteroatoms. The van der Waals surface area contributed by atoms with Crippen LogP contribution in [0.1, 0.15) is 0 Å². The molecule has 12 N–H and O–H groups in total. The van der Waals surface area contributed by atoms with Crippen molar-refractivity contribution in [2.45, 2.75) is 0 Å². The Bertz CT molecular complexity index is 61.5. The molecule has 0 aliphatic carbocycles. The summed E-state index contributed by atoms with van der Waals surface area (Å²) < 4.78 is 0. The van der Waals surface area contributed by atoms with E-state index in [9.17, 15) is 0 Å². The summed E-state index contributed by atoms with van der Waals surface area (Å²) in [5.41, 5.74) is 50.1. The normalized spacial score (nSPS) is 6.00. The van der Waals surface area contributed by atoms with Crippen molar-refractivity contribution in [3.63, 3.8) is 0 Å². The van der Waals surface area contributed by atoms with Gasteiger partial charge >= 0.3 is 16.8 Å². The van der Waals surface area contributed by atoms with E-state index in [4.69, 9.17) is 56.4 Å². The molecule has 0 fully saturated rings. The molecule has 0 amide bonds. The molecule has 0 aromatic carbocycles. The molecular formula is C8H28Co2N8O3-6. The van der Waals surface area contributed by atoms with E-state index in [0.717, 1.165) is 0 Å². The van der Waals surface area contributed by atoms with Gasteiger partial charge < -0.3 is 51.3 Å². The summed E-state index contributed by atoms with van der Waals surface area (Å²) >= 11 is 0. The van der Waals surface area contributed by atoms with Crippen molar-refractivity contribution < 1.29 is 49.5 Å². The van der Waals surface area contributed by atoms with Crippen LogP contribution in [0.3, 0.4) is 0 Å². The van der Waals surface area contributed by atoms with Crippen LogP contribution in [0.5, 0.6) is 0 Å². The van der Waals surface area contributed by atoms with E-state index in [-0.39, 0.29) is 91.4 Å². The van der Waals surface area contributed by atoms with E-state index in [1.165, 1.54) is 0 Å². The summed E-state index contributed by atoms with van der Waals surface area (Å²) in [4.78, 5) is 0. The van der Waals surface area contributed by atoms with E-state index in [2.05, 4.69) is 0 Å². The molecule has 0 atom stereocenters. The van der Waals surface area contributed by atoms with Crippen molar-refractivity contribution in [3.05, 3.63) is 45.9 Å². The van der Waals surface area contributed by atoms with E-state index in [0.29, 0.717) is 0 Å². The molecule has 0 aromatic heterocycles. The molecule has 0 saturated heterocycles. The van der Waals surface area contributed by atoms with Crippen molar-refractivity contribution in [2.75, 3.05) is 52.4 Å².